The van der Waals surface area contributed by atoms with Gasteiger partial charge < -0.3 is 9.84 Å². The zero-order valence-corrected chi connectivity index (χ0v) is 15.0. The van der Waals surface area contributed by atoms with Gasteiger partial charge in [-0.2, -0.15) is 4.98 Å². The van der Waals surface area contributed by atoms with Crippen molar-refractivity contribution in [2.75, 3.05) is 0 Å². The molecule has 1 heterocycles. The van der Waals surface area contributed by atoms with Crippen LogP contribution in [0.1, 0.15) is 49.4 Å². The summed E-state index contributed by atoms with van der Waals surface area (Å²) in [5, 5.41) is 8.13. The highest BCUT2D eigenvalue weighted by Gasteiger charge is 2.39. The predicted molar refractivity (Wildman–Crippen MR) is 92.1 cm³/mol. The first-order chi connectivity index (χ1) is 11.5. The van der Waals surface area contributed by atoms with Crippen LogP contribution in [0, 0.1) is 6.92 Å². The maximum Gasteiger partial charge on any atom is 0.225 e. The number of carbonyl (C=O) groups excluding carboxylic acids is 1. The Morgan fingerprint density at radius 2 is 2.00 bits per heavy atom. The lowest BCUT2D eigenvalue weighted by molar-refractivity contribution is -0.123. The van der Waals surface area contributed by atoms with E-state index in [1.807, 2.05) is 0 Å². The highest BCUT2D eigenvalue weighted by Crippen LogP contribution is 2.35. The van der Waals surface area contributed by atoms with Crippen LogP contribution in [0.15, 0.2) is 22.7 Å². The number of hydrogen-bond donors (Lipinski definition) is 1. The van der Waals surface area contributed by atoms with Gasteiger partial charge in [-0.3, -0.25) is 4.79 Å². The minimum absolute atomic E-state index is 0.0854. The average Bonchev–Trinajstić information content (AvgIpc) is 2.99. The highest BCUT2D eigenvalue weighted by molar-refractivity contribution is 6.42. The molecule has 128 valence electrons. The van der Waals surface area contributed by atoms with Crippen LogP contribution in [0.3, 0.4) is 0 Å². The maximum absolute atomic E-state index is 12.6. The topological polar surface area (TPSA) is 68.0 Å². The number of aryl methyl sites for hydroxylation is 1. The summed E-state index contributed by atoms with van der Waals surface area (Å²) in [4.78, 5) is 17.0. The van der Waals surface area contributed by atoms with E-state index in [9.17, 15) is 4.79 Å². The van der Waals surface area contributed by atoms with Crippen molar-refractivity contribution in [3.63, 3.8) is 0 Å². The van der Waals surface area contributed by atoms with Crippen LogP contribution in [0.2, 0.25) is 10.0 Å². The lowest BCUT2D eigenvalue weighted by Gasteiger charge is -2.35. The Balaban J connectivity index is 1.77. The third kappa shape index (κ3) is 3.73. The third-order valence-corrected chi connectivity index (χ3v) is 5.13. The van der Waals surface area contributed by atoms with Crippen LogP contribution < -0.4 is 5.32 Å². The lowest BCUT2D eigenvalue weighted by atomic mass is 9.80. The fourth-order valence-corrected chi connectivity index (χ4v) is 3.52. The van der Waals surface area contributed by atoms with Gasteiger partial charge in [-0.1, -0.05) is 53.7 Å². The zero-order valence-electron chi connectivity index (χ0n) is 13.4. The molecule has 1 aromatic heterocycles. The van der Waals surface area contributed by atoms with E-state index in [4.69, 9.17) is 27.7 Å². The minimum atomic E-state index is -0.538. The summed E-state index contributed by atoms with van der Waals surface area (Å²) in [7, 11) is 0. The molecular weight excluding hydrogens is 349 g/mol. The van der Waals surface area contributed by atoms with Gasteiger partial charge >= 0.3 is 0 Å². The molecule has 0 bridgehead atoms. The summed E-state index contributed by atoms with van der Waals surface area (Å²) in [6.45, 7) is 1.75. The molecular formula is C17H19Cl2N3O2. The molecule has 1 aliphatic carbocycles. The van der Waals surface area contributed by atoms with Gasteiger partial charge in [0.2, 0.25) is 11.8 Å². The van der Waals surface area contributed by atoms with E-state index in [-0.39, 0.29) is 12.3 Å². The molecule has 1 amide bonds. The van der Waals surface area contributed by atoms with Crippen molar-refractivity contribution in [3.8, 4) is 0 Å². The first-order valence-electron chi connectivity index (χ1n) is 8.04. The van der Waals surface area contributed by atoms with Crippen molar-refractivity contribution in [2.45, 2.75) is 51.0 Å². The smallest absolute Gasteiger partial charge is 0.225 e. The van der Waals surface area contributed by atoms with Crippen LogP contribution in [0.25, 0.3) is 0 Å². The molecule has 0 spiro atoms. The zero-order chi connectivity index (χ0) is 17.2. The van der Waals surface area contributed by atoms with E-state index in [1.54, 1.807) is 25.1 Å². The molecule has 2 aromatic rings. The number of carbonyl (C=O) groups is 1. The van der Waals surface area contributed by atoms with Gasteiger partial charge in [-0.05, 0) is 30.5 Å². The van der Waals surface area contributed by atoms with Crippen molar-refractivity contribution in [1.82, 2.24) is 15.5 Å². The predicted octanol–water partition coefficient (Wildman–Crippen LogP) is 4.20. The van der Waals surface area contributed by atoms with Crippen LogP contribution in [0.5, 0.6) is 0 Å². The molecule has 1 fully saturated rings. The lowest BCUT2D eigenvalue weighted by Crippen LogP contribution is -2.48. The number of amides is 1. The maximum atomic E-state index is 12.6. The van der Waals surface area contributed by atoms with Crippen molar-refractivity contribution in [2.24, 2.45) is 0 Å². The number of benzene rings is 1. The summed E-state index contributed by atoms with van der Waals surface area (Å²) >= 11 is 11.9. The Labute approximate surface area is 150 Å². The SMILES string of the molecule is Cc1nc(C2(NC(=O)Cc3ccc(Cl)c(Cl)c3)CCCCC2)no1. The van der Waals surface area contributed by atoms with E-state index in [0.29, 0.717) is 21.8 Å². The monoisotopic (exact) mass is 367 g/mol. The van der Waals surface area contributed by atoms with Gasteiger partial charge in [0, 0.05) is 6.92 Å². The second-order valence-corrected chi connectivity index (χ2v) is 7.07. The van der Waals surface area contributed by atoms with Gasteiger partial charge in [-0.15, -0.1) is 0 Å². The van der Waals surface area contributed by atoms with Gasteiger partial charge in [-0.25, -0.2) is 0 Å². The van der Waals surface area contributed by atoms with Crippen LogP contribution in [0.4, 0.5) is 0 Å². The van der Waals surface area contributed by atoms with Gasteiger partial charge in [0.15, 0.2) is 5.82 Å². The number of aromatic nitrogens is 2. The molecule has 5 nitrogen and oxygen atoms in total. The summed E-state index contributed by atoms with van der Waals surface area (Å²) in [6.07, 6.45) is 5.08. The second kappa shape index (κ2) is 7.11. The number of halogens is 2. The Kier molecular flexibility index (Phi) is 5.11. The largest absolute Gasteiger partial charge is 0.343 e. The molecule has 0 aliphatic heterocycles. The van der Waals surface area contributed by atoms with E-state index in [0.717, 1.165) is 37.7 Å². The summed E-state index contributed by atoms with van der Waals surface area (Å²) in [5.74, 6) is 0.994. The summed E-state index contributed by atoms with van der Waals surface area (Å²) < 4.78 is 5.13. The Bertz CT molecular complexity index is 739. The first kappa shape index (κ1) is 17.2. The van der Waals surface area contributed by atoms with Gasteiger partial charge in [0.25, 0.3) is 0 Å². The molecule has 1 aromatic carbocycles. The van der Waals surface area contributed by atoms with Crippen molar-refractivity contribution >= 4 is 29.1 Å². The van der Waals surface area contributed by atoms with Crippen molar-refractivity contribution < 1.29 is 9.32 Å². The average molecular weight is 368 g/mol. The van der Waals surface area contributed by atoms with E-state index < -0.39 is 5.54 Å². The quantitative estimate of drug-likeness (QED) is 0.878. The van der Waals surface area contributed by atoms with E-state index in [1.165, 1.54) is 0 Å². The Hall–Kier alpha value is -1.59. The van der Waals surface area contributed by atoms with Gasteiger partial charge in [0.05, 0.1) is 16.5 Å². The van der Waals surface area contributed by atoms with Crippen LogP contribution in [-0.4, -0.2) is 16.0 Å². The van der Waals surface area contributed by atoms with Crippen molar-refractivity contribution in [1.29, 1.82) is 0 Å². The Morgan fingerprint density at radius 3 is 2.62 bits per heavy atom. The third-order valence-electron chi connectivity index (χ3n) is 4.39. The summed E-state index contributed by atoms with van der Waals surface area (Å²) in [5.41, 5.74) is 0.278. The first-order valence-corrected chi connectivity index (χ1v) is 8.80. The fourth-order valence-electron chi connectivity index (χ4n) is 3.20. The van der Waals surface area contributed by atoms with Crippen LogP contribution in [-0.2, 0) is 16.8 Å². The Morgan fingerprint density at radius 1 is 1.25 bits per heavy atom. The second-order valence-electron chi connectivity index (χ2n) is 6.25. The van der Waals surface area contributed by atoms with Crippen molar-refractivity contribution in [3.05, 3.63) is 45.5 Å². The van der Waals surface area contributed by atoms with E-state index >= 15 is 0 Å². The van der Waals surface area contributed by atoms with Crippen LogP contribution >= 0.6 is 23.2 Å². The molecule has 1 aliphatic rings. The molecule has 1 N–H and O–H groups in total. The van der Waals surface area contributed by atoms with Gasteiger partial charge in [0.1, 0.15) is 5.54 Å². The normalized spacial score (nSPS) is 16.8. The molecule has 7 heteroatoms. The molecule has 0 unspecified atom stereocenters. The fraction of sp³-hybridized carbons (Fsp3) is 0.471. The highest BCUT2D eigenvalue weighted by atomic mass is 35.5. The molecule has 0 atom stereocenters. The standard InChI is InChI=1S/C17H19Cl2N3O2/c1-11-20-16(22-24-11)17(7-3-2-4-8-17)21-15(23)10-12-5-6-13(18)14(19)9-12/h5-6,9H,2-4,7-8,10H2,1H3,(H,21,23). The number of rotatable bonds is 4. The molecule has 3 rings (SSSR count). The molecule has 24 heavy (non-hydrogen) atoms. The molecule has 1 saturated carbocycles. The number of nitrogens with one attached hydrogen (secondary N) is 1. The molecule has 0 saturated heterocycles. The molecule has 0 radical (unpaired) electrons. The minimum Gasteiger partial charge on any atom is -0.343 e. The number of hydrogen-bond acceptors (Lipinski definition) is 4. The van der Waals surface area contributed by atoms with E-state index in [2.05, 4.69) is 15.5 Å². The summed E-state index contributed by atoms with van der Waals surface area (Å²) in [6, 6.07) is 5.22. The number of nitrogens with zero attached hydrogens (tertiary/aromatic N) is 2.